The van der Waals surface area contributed by atoms with Gasteiger partial charge in [0.2, 0.25) is 0 Å². The number of nitrogens with zero attached hydrogens (tertiary/aromatic N) is 1. The van der Waals surface area contributed by atoms with Crippen molar-refractivity contribution in [3.8, 4) is 0 Å². The highest BCUT2D eigenvalue weighted by molar-refractivity contribution is 5.96. The first-order valence-corrected chi connectivity index (χ1v) is 9.87. The molecule has 0 bridgehead atoms. The van der Waals surface area contributed by atoms with Gasteiger partial charge < -0.3 is 14.4 Å². The van der Waals surface area contributed by atoms with E-state index in [4.69, 9.17) is 9.47 Å². The van der Waals surface area contributed by atoms with Gasteiger partial charge in [0, 0.05) is 18.5 Å². The average molecular weight is 389 g/mol. The lowest BCUT2D eigenvalue weighted by atomic mass is 9.75. The van der Waals surface area contributed by atoms with Gasteiger partial charge in [-0.1, -0.05) is 44.2 Å². The molecule has 0 aliphatic carbocycles. The van der Waals surface area contributed by atoms with Crippen LogP contribution in [0.15, 0.2) is 30.3 Å². The molecule has 6 nitrogen and oxygen atoms in total. The number of ketones is 1. The molecule has 2 rings (SSSR count). The fourth-order valence-electron chi connectivity index (χ4n) is 3.99. The zero-order valence-electron chi connectivity index (χ0n) is 17.3. The summed E-state index contributed by atoms with van der Waals surface area (Å²) in [7, 11) is 1.37. The summed E-state index contributed by atoms with van der Waals surface area (Å²) in [5.41, 5.74) is 1.00. The third-order valence-corrected chi connectivity index (χ3v) is 5.51. The summed E-state index contributed by atoms with van der Waals surface area (Å²) in [5.74, 6) is -0.837. The molecule has 28 heavy (non-hydrogen) atoms. The number of hydrogen-bond acceptors (Lipinski definition) is 5. The first-order valence-electron chi connectivity index (χ1n) is 9.87. The summed E-state index contributed by atoms with van der Waals surface area (Å²) in [4.78, 5) is 38.3. The number of hydrogen-bond donors (Lipinski definition) is 0. The molecular formula is C22H31NO5. The lowest BCUT2D eigenvalue weighted by Crippen LogP contribution is -2.49. The van der Waals surface area contributed by atoms with E-state index in [-0.39, 0.29) is 42.3 Å². The van der Waals surface area contributed by atoms with Crippen LogP contribution < -0.4 is 0 Å². The molecule has 0 spiro atoms. The molecule has 1 heterocycles. The molecule has 1 aromatic carbocycles. The van der Waals surface area contributed by atoms with Crippen molar-refractivity contribution in [1.29, 1.82) is 0 Å². The van der Waals surface area contributed by atoms with Crippen molar-refractivity contribution >= 4 is 17.8 Å². The smallest absolute Gasteiger partial charge is 0.409 e. The molecule has 0 radical (unpaired) electrons. The van der Waals surface area contributed by atoms with Crippen LogP contribution in [0.5, 0.6) is 0 Å². The molecule has 0 unspecified atom stereocenters. The van der Waals surface area contributed by atoms with Gasteiger partial charge in [-0.05, 0) is 37.2 Å². The monoisotopic (exact) mass is 389 g/mol. The Kier molecular flexibility index (Phi) is 7.61. The number of methoxy groups -OCH3 is 1. The Hall–Kier alpha value is -2.37. The summed E-state index contributed by atoms with van der Waals surface area (Å²) in [6.45, 7) is 6.71. The van der Waals surface area contributed by atoms with E-state index in [1.807, 2.05) is 18.2 Å². The highest BCUT2D eigenvalue weighted by Crippen LogP contribution is 2.35. The SMILES string of the molecule is CCOC(=O)CC(=O)[C@H]1CCN(C(=O)OC)[C@H](CC(C)(C)c2ccccc2)C1. The molecular weight excluding hydrogens is 358 g/mol. The Morgan fingerprint density at radius 3 is 2.46 bits per heavy atom. The number of benzene rings is 1. The fraction of sp³-hybridized carbons (Fsp3) is 0.591. The molecule has 0 aromatic heterocycles. The van der Waals surface area contributed by atoms with E-state index in [9.17, 15) is 14.4 Å². The second-order valence-electron chi connectivity index (χ2n) is 7.94. The van der Waals surface area contributed by atoms with Gasteiger partial charge in [0.1, 0.15) is 12.2 Å². The third kappa shape index (κ3) is 5.57. The van der Waals surface area contributed by atoms with Gasteiger partial charge in [0.25, 0.3) is 0 Å². The van der Waals surface area contributed by atoms with Crippen LogP contribution in [-0.4, -0.2) is 49.0 Å². The zero-order chi connectivity index (χ0) is 20.7. The predicted octanol–water partition coefficient (Wildman–Crippen LogP) is 3.72. The summed E-state index contributed by atoms with van der Waals surface area (Å²) in [5, 5.41) is 0. The largest absolute Gasteiger partial charge is 0.466 e. The normalized spacial score (nSPS) is 19.8. The topological polar surface area (TPSA) is 72.9 Å². The van der Waals surface area contributed by atoms with E-state index in [1.54, 1.807) is 11.8 Å². The maximum Gasteiger partial charge on any atom is 0.409 e. The molecule has 1 aliphatic rings. The van der Waals surface area contributed by atoms with Crippen molar-refractivity contribution in [2.24, 2.45) is 5.92 Å². The molecule has 1 aromatic rings. The van der Waals surface area contributed by atoms with Crippen molar-refractivity contribution in [1.82, 2.24) is 4.90 Å². The van der Waals surface area contributed by atoms with Crippen LogP contribution in [0, 0.1) is 5.92 Å². The molecule has 1 aliphatic heterocycles. The van der Waals surface area contributed by atoms with E-state index in [0.717, 1.165) is 0 Å². The number of rotatable bonds is 7. The minimum absolute atomic E-state index is 0.106. The number of esters is 1. The van der Waals surface area contributed by atoms with E-state index in [0.29, 0.717) is 25.8 Å². The zero-order valence-corrected chi connectivity index (χ0v) is 17.3. The highest BCUT2D eigenvalue weighted by atomic mass is 16.5. The number of ether oxygens (including phenoxy) is 2. The number of likely N-dealkylation sites (tertiary alicyclic amines) is 1. The molecule has 2 atom stereocenters. The van der Waals surface area contributed by atoms with E-state index >= 15 is 0 Å². The average Bonchev–Trinajstić information content (AvgIpc) is 2.68. The minimum Gasteiger partial charge on any atom is -0.466 e. The van der Waals surface area contributed by atoms with Crippen LogP contribution in [0.2, 0.25) is 0 Å². The Morgan fingerprint density at radius 2 is 1.86 bits per heavy atom. The Bertz CT molecular complexity index is 685. The Labute approximate surface area is 167 Å². The molecule has 0 saturated carbocycles. The lowest BCUT2D eigenvalue weighted by molar-refractivity contribution is -0.146. The second kappa shape index (κ2) is 9.71. The Morgan fingerprint density at radius 1 is 1.18 bits per heavy atom. The van der Waals surface area contributed by atoms with Crippen molar-refractivity contribution in [2.75, 3.05) is 20.3 Å². The van der Waals surface area contributed by atoms with Crippen LogP contribution >= 0.6 is 0 Å². The summed E-state index contributed by atoms with van der Waals surface area (Å²) in [6, 6.07) is 10.0. The maximum absolute atomic E-state index is 12.6. The quantitative estimate of drug-likeness (QED) is 0.525. The van der Waals surface area contributed by atoms with Crippen molar-refractivity contribution in [3.63, 3.8) is 0 Å². The van der Waals surface area contributed by atoms with Crippen LogP contribution in [0.1, 0.15) is 52.0 Å². The van der Waals surface area contributed by atoms with E-state index in [2.05, 4.69) is 26.0 Å². The van der Waals surface area contributed by atoms with Crippen molar-refractivity contribution < 1.29 is 23.9 Å². The maximum atomic E-state index is 12.6. The first kappa shape index (κ1) is 21.9. The molecule has 0 N–H and O–H groups in total. The second-order valence-corrected chi connectivity index (χ2v) is 7.94. The highest BCUT2D eigenvalue weighted by Gasteiger charge is 2.38. The molecule has 154 valence electrons. The molecule has 1 saturated heterocycles. The van der Waals surface area contributed by atoms with Gasteiger partial charge >= 0.3 is 12.1 Å². The summed E-state index contributed by atoms with van der Waals surface area (Å²) < 4.78 is 9.86. The third-order valence-electron chi connectivity index (χ3n) is 5.51. The molecule has 1 amide bonds. The van der Waals surface area contributed by atoms with Crippen LogP contribution in [-0.2, 0) is 24.5 Å². The van der Waals surface area contributed by atoms with Gasteiger partial charge in [-0.2, -0.15) is 0 Å². The van der Waals surface area contributed by atoms with Gasteiger partial charge in [-0.3, -0.25) is 9.59 Å². The number of carbonyl (C=O) groups is 3. The van der Waals surface area contributed by atoms with Gasteiger partial charge in [-0.15, -0.1) is 0 Å². The van der Waals surface area contributed by atoms with E-state index < -0.39 is 5.97 Å². The summed E-state index contributed by atoms with van der Waals surface area (Å²) in [6.07, 6.45) is 1.20. The predicted molar refractivity (Wildman–Crippen MR) is 106 cm³/mol. The van der Waals surface area contributed by atoms with Crippen molar-refractivity contribution in [3.05, 3.63) is 35.9 Å². The van der Waals surface area contributed by atoms with E-state index in [1.165, 1.54) is 12.7 Å². The van der Waals surface area contributed by atoms with Crippen LogP contribution in [0.3, 0.4) is 0 Å². The number of carbonyl (C=O) groups excluding carboxylic acids is 3. The molecule has 1 fully saturated rings. The van der Waals surface area contributed by atoms with Crippen molar-refractivity contribution in [2.45, 2.75) is 57.9 Å². The molecule has 6 heteroatoms. The number of Topliss-reactive ketones (excluding diaryl/α,β-unsaturated/α-hetero) is 1. The van der Waals surface area contributed by atoms with Gasteiger partial charge in [-0.25, -0.2) is 4.79 Å². The lowest BCUT2D eigenvalue weighted by Gasteiger charge is -2.41. The van der Waals surface area contributed by atoms with Crippen LogP contribution in [0.25, 0.3) is 0 Å². The van der Waals surface area contributed by atoms with Gasteiger partial charge in [0.05, 0.1) is 13.7 Å². The standard InChI is InChI=1S/C22H31NO5/c1-5-28-20(25)14-19(24)16-11-12-23(21(26)27-4)18(13-16)15-22(2,3)17-9-7-6-8-10-17/h6-10,16,18H,5,11-15H2,1-4H3/t16-,18-/m0/s1. The number of amides is 1. The first-order chi connectivity index (χ1) is 13.3. The van der Waals surface area contributed by atoms with Crippen LogP contribution in [0.4, 0.5) is 4.79 Å². The fourth-order valence-corrected chi connectivity index (χ4v) is 3.99. The summed E-state index contributed by atoms with van der Waals surface area (Å²) >= 11 is 0. The minimum atomic E-state index is -0.482. The van der Waals surface area contributed by atoms with Gasteiger partial charge in [0.15, 0.2) is 0 Å². The number of piperidine rings is 1. The Balaban J connectivity index is 2.14.